The second-order valence-corrected chi connectivity index (χ2v) is 24.2. The molecule has 0 saturated heterocycles. The van der Waals surface area contributed by atoms with Crippen LogP contribution in [0.4, 0.5) is 3.50 Å². The van der Waals surface area contributed by atoms with Gasteiger partial charge in [0.05, 0.1) is 0 Å². The van der Waals surface area contributed by atoms with Crippen molar-refractivity contribution >= 4 is 13.7 Å². The van der Waals surface area contributed by atoms with E-state index in [9.17, 15) is 0 Å². The van der Waals surface area contributed by atoms with Crippen molar-refractivity contribution in [2.75, 3.05) is 40.8 Å². The summed E-state index contributed by atoms with van der Waals surface area (Å²) in [7, 11) is 6.74. The third kappa shape index (κ3) is 3.69. The molecule has 1 aliphatic carbocycles. The van der Waals surface area contributed by atoms with E-state index in [1.54, 1.807) is 0 Å². The van der Waals surface area contributed by atoms with Crippen molar-refractivity contribution < 1.29 is 24.6 Å². The molecule has 0 spiro atoms. The van der Waals surface area contributed by atoms with Gasteiger partial charge in [-0.1, -0.05) is 0 Å². The van der Waals surface area contributed by atoms with Gasteiger partial charge in [0.2, 0.25) is 0 Å². The Bertz CT molecular complexity index is 419. The van der Waals surface area contributed by atoms with Crippen LogP contribution in [0, 0.1) is 0 Å². The summed E-state index contributed by atoms with van der Waals surface area (Å²) in [6.07, 6.45) is 5.25. The van der Waals surface area contributed by atoms with Gasteiger partial charge in [-0.15, -0.1) is 0 Å². The third-order valence-corrected chi connectivity index (χ3v) is 23.3. The summed E-state index contributed by atoms with van der Waals surface area (Å²) >= 11 is -6.53. The van der Waals surface area contributed by atoms with Crippen LogP contribution in [0.15, 0.2) is 19.8 Å². The zero-order chi connectivity index (χ0) is 17.1. The van der Waals surface area contributed by atoms with E-state index in [2.05, 4.69) is 62.6 Å². The van der Waals surface area contributed by atoms with Crippen LogP contribution in [0.25, 0.3) is 0 Å². The molecule has 3 nitrogen and oxygen atoms in total. The molecule has 0 aromatic heterocycles. The second-order valence-electron chi connectivity index (χ2n) is 6.65. The molecular formula is C16H34FGeN3Zr. The van der Waals surface area contributed by atoms with Crippen LogP contribution < -0.4 is 0 Å². The first-order chi connectivity index (χ1) is 10.2. The van der Waals surface area contributed by atoms with E-state index in [0.717, 1.165) is 30.5 Å². The molecule has 0 saturated carbocycles. The normalized spacial score (nSPS) is 16.7. The van der Waals surface area contributed by atoms with Gasteiger partial charge in [-0.2, -0.15) is 0 Å². The van der Waals surface area contributed by atoms with Crippen LogP contribution in [0.1, 0.15) is 27.2 Å². The number of hydrogen-bond donors (Lipinski definition) is 0. The predicted octanol–water partition coefficient (Wildman–Crippen LogP) is 3.67. The van der Waals surface area contributed by atoms with Gasteiger partial charge in [-0.05, 0) is 0 Å². The number of hydrogen-bond acceptors (Lipinski definition) is 3. The summed E-state index contributed by atoms with van der Waals surface area (Å²) in [5.74, 6) is 3.76. The Balaban J connectivity index is 3.62. The number of halogens is 1. The summed E-state index contributed by atoms with van der Waals surface area (Å²) < 4.78 is 25.3. The van der Waals surface area contributed by atoms with Crippen LogP contribution in [0.2, 0.25) is 11.5 Å². The fourth-order valence-electron chi connectivity index (χ4n) is 3.61. The Hall–Kier alpha value is 0.716. The predicted molar refractivity (Wildman–Crippen MR) is 94.3 cm³/mol. The average molecular weight is 451 g/mol. The first kappa shape index (κ1) is 20.8. The second kappa shape index (κ2) is 8.20. The molecule has 6 heteroatoms. The quantitative estimate of drug-likeness (QED) is 0.522. The zero-order valence-corrected chi connectivity index (χ0v) is 20.3. The van der Waals surface area contributed by atoms with Crippen molar-refractivity contribution in [3.63, 3.8) is 0 Å². The molecule has 22 heavy (non-hydrogen) atoms. The van der Waals surface area contributed by atoms with Gasteiger partial charge in [-0.3, -0.25) is 0 Å². The molecule has 1 aliphatic rings. The third-order valence-electron chi connectivity index (χ3n) is 5.00. The van der Waals surface area contributed by atoms with Crippen molar-refractivity contribution in [3.05, 3.63) is 19.8 Å². The standard InChI is InChI=1S/C7H10FGe.3C3H8N.Zr/c1-9(2,8)7-5-3-4-6-7;3*1-3-4-2;/h3,5H,4H2,1-2H3;3*3H2,1-2H3;/q;3*-1;+3. The first-order valence-electron chi connectivity index (χ1n) is 8.41. The Morgan fingerprint density at radius 3 is 1.73 bits per heavy atom. The summed E-state index contributed by atoms with van der Waals surface area (Å²) in [5.41, 5.74) is 0. The molecule has 0 bridgehead atoms. The zero-order valence-electron chi connectivity index (χ0n) is 15.7. The first-order valence-corrected chi connectivity index (χ1v) is 19.0. The molecule has 0 unspecified atom stereocenters. The maximum absolute atomic E-state index is 15.0. The number of nitrogens with zero attached hydrogens (tertiary/aromatic N) is 3. The van der Waals surface area contributed by atoms with E-state index < -0.39 is 34.9 Å². The summed E-state index contributed by atoms with van der Waals surface area (Å²) in [5, 5.41) is 0. The molecule has 0 atom stereocenters. The molecule has 0 heterocycles. The Labute approximate surface area is 145 Å². The summed E-state index contributed by atoms with van der Waals surface area (Å²) in [6.45, 7) is 9.72. The summed E-state index contributed by atoms with van der Waals surface area (Å²) in [4.78, 5) is 0. The van der Waals surface area contributed by atoms with Crippen LogP contribution in [-0.2, 0) is 21.1 Å². The Morgan fingerprint density at radius 1 is 1.00 bits per heavy atom. The van der Waals surface area contributed by atoms with Gasteiger partial charge in [0, 0.05) is 0 Å². The molecule has 1 rings (SSSR count). The van der Waals surface area contributed by atoms with E-state index in [0.29, 0.717) is 0 Å². The van der Waals surface area contributed by atoms with Gasteiger partial charge in [-0.25, -0.2) is 0 Å². The molecule has 0 radical (unpaired) electrons. The van der Waals surface area contributed by atoms with Crippen LogP contribution in [0.5, 0.6) is 0 Å². The fraction of sp³-hybridized carbons (Fsp3) is 0.750. The fourth-order valence-corrected chi connectivity index (χ4v) is 25.3. The maximum atomic E-state index is 15.0. The van der Waals surface area contributed by atoms with Crippen LogP contribution in [0.3, 0.4) is 0 Å². The molecule has 0 fully saturated rings. The van der Waals surface area contributed by atoms with Crippen molar-refractivity contribution in [3.8, 4) is 0 Å². The van der Waals surface area contributed by atoms with Gasteiger partial charge in [0.1, 0.15) is 0 Å². The summed E-state index contributed by atoms with van der Waals surface area (Å²) in [6, 6.07) is 0. The minimum atomic E-state index is -3.34. The van der Waals surface area contributed by atoms with Gasteiger partial charge >= 0.3 is 146 Å². The van der Waals surface area contributed by atoms with Gasteiger partial charge in [0.25, 0.3) is 0 Å². The Kier molecular flexibility index (Phi) is 7.74. The van der Waals surface area contributed by atoms with Gasteiger partial charge < -0.3 is 0 Å². The molecule has 0 N–H and O–H groups in total. The van der Waals surface area contributed by atoms with E-state index >= 15 is 3.50 Å². The van der Waals surface area contributed by atoms with Crippen LogP contribution in [-0.4, -0.2) is 63.0 Å². The number of allylic oxidation sites excluding steroid dienone is 4. The van der Waals surface area contributed by atoms with Gasteiger partial charge in [0.15, 0.2) is 0 Å². The van der Waals surface area contributed by atoms with Crippen molar-refractivity contribution in [2.24, 2.45) is 0 Å². The van der Waals surface area contributed by atoms with Crippen molar-refractivity contribution in [1.29, 1.82) is 0 Å². The molecule has 128 valence electrons. The van der Waals surface area contributed by atoms with E-state index in [4.69, 9.17) is 0 Å². The Morgan fingerprint density at radius 2 is 1.41 bits per heavy atom. The van der Waals surface area contributed by atoms with Crippen molar-refractivity contribution in [1.82, 2.24) is 8.53 Å². The molecule has 0 aliphatic heterocycles. The molecule has 0 aromatic rings. The van der Waals surface area contributed by atoms with Crippen molar-refractivity contribution in [2.45, 2.75) is 38.7 Å². The van der Waals surface area contributed by atoms with E-state index in [1.807, 2.05) is 11.5 Å². The molecular weight excluding hydrogens is 417 g/mol. The SMILES string of the molecule is CC[N](C)[Zr]([C]1=[C]([Ge]([CH3])([CH3])[F])C=CC1)([N](C)CC)[N](C)CC. The number of rotatable bonds is 8. The van der Waals surface area contributed by atoms with E-state index in [1.165, 1.54) is 3.28 Å². The van der Waals surface area contributed by atoms with Crippen LogP contribution >= 0.6 is 0 Å². The molecule has 0 amide bonds. The van der Waals surface area contributed by atoms with E-state index in [-0.39, 0.29) is 0 Å². The monoisotopic (exact) mass is 451 g/mol. The minimum absolute atomic E-state index is 0.947. The topological polar surface area (TPSA) is 9.72 Å². The molecule has 0 aromatic carbocycles. The average Bonchev–Trinajstić information content (AvgIpc) is 2.96.